The second-order valence-corrected chi connectivity index (χ2v) is 26.6. The molecule has 0 unspecified atom stereocenters. The quantitative estimate of drug-likeness (QED) is 0.00846. The van der Waals surface area contributed by atoms with E-state index in [1.807, 2.05) is 12.3 Å². The number of aliphatic hydroxyl groups is 2. The number of esters is 2. The molecule has 7 rings (SSSR count). The molecule has 0 aliphatic carbocycles. The van der Waals surface area contributed by atoms with Gasteiger partial charge in [-0.15, -0.1) is 31.4 Å². The Morgan fingerprint density at radius 2 is 0.812 bits per heavy atom. The molecule has 6 N–H and O–H groups in total. The van der Waals surface area contributed by atoms with Gasteiger partial charge in [0.2, 0.25) is 0 Å². The molecular formula is C72H114BCl3FKN16NaO12S5. The molecule has 0 spiro atoms. The summed E-state index contributed by atoms with van der Waals surface area (Å²) in [4.78, 5) is 110. The fraction of sp³-hybridized carbons (Fsp3) is 0.514. The van der Waals surface area contributed by atoms with Crippen LogP contribution in [0.1, 0.15) is 212 Å². The predicted molar refractivity (Wildman–Crippen MR) is 448 cm³/mol. The zero-order valence-corrected chi connectivity index (χ0v) is 78.8. The first kappa shape index (κ1) is 123. The average molecular weight is 1760 g/mol. The van der Waals surface area contributed by atoms with Crippen LogP contribution in [0, 0.1) is 0 Å². The Morgan fingerprint density at radius 1 is 0.554 bits per heavy atom. The van der Waals surface area contributed by atoms with Crippen LogP contribution < -0.4 is 92.4 Å². The van der Waals surface area contributed by atoms with Gasteiger partial charge in [-0.05, 0) is 103 Å². The van der Waals surface area contributed by atoms with Crippen molar-refractivity contribution in [3.63, 3.8) is 0 Å². The van der Waals surface area contributed by atoms with Crippen molar-refractivity contribution in [1.82, 2.24) is 69.8 Å². The number of unbranched alkanes of at least 4 members (excludes halogenated alkanes) is 4. The second-order valence-electron chi connectivity index (χ2n) is 21.3. The summed E-state index contributed by atoms with van der Waals surface area (Å²) in [6.45, 7) is 19.8. The van der Waals surface area contributed by atoms with E-state index in [0.29, 0.717) is 41.7 Å². The van der Waals surface area contributed by atoms with Gasteiger partial charge in [-0.3, -0.25) is 73.0 Å². The maximum absolute atomic E-state index is 11.0. The molecule has 0 amide bonds. The Hall–Kier alpha value is -4.23. The molecule has 7 heterocycles. The maximum atomic E-state index is 11.0. The number of aromatic nitrogens is 14. The Kier molecular flexibility index (Phi) is 96.5. The maximum Gasteiger partial charge on any atom is 1.00 e. The smallest absolute Gasteiger partial charge is 1.00 e. The fourth-order valence-corrected chi connectivity index (χ4v) is 8.27. The van der Waals surface area contributed by atoms with Crippen LogP contribution in [0.4, 0.5) is 4.39 Å². The van der Waals surface area contributed by atoms with Crippen molar-refractivity contribution < 1.29 is 144 Å². The van der Waals surface area contributed by atoms with Gasteiger partial charge < -0.3 is 50.0 Å². The van der Waals surface area contributed by atoms with Crippen LogP contribution in [-0.2, 0) is 120 Å². The number of rotatable bonds is 30. The molecule has 112 heavy (non-hydrogen) atoms. The summed E-state index contributed by atoms with van der Waals surface area (Å²) in [5.41, 5.74) is 20.8. The standard InChI is InChI=1S/C11H16N2OS.C10H15N3OS.C10H16N2O3S.C10H14N2O2.C9H14N2O.C8H13N3S.C6H5ClN2O2.C4H8.C2H4OS.CH3F.CH4O.B.2ClH.K.Na.H/c1-3-4-5-10-6-13-11(7-12-10)8-15-9(2)14;1-8(14)15-7-10-6-12-9(5-13-10)3-2-4-11;1-3-4-5-9-6-12-10(7-11-9)8-15-16(2,13)14;1-3-4-5-8-6-12-9(7-11-8)10(13)14-2;1-2-3-4-8-5-11-9(7-12)6-10-8;9-3-1-2-7-4-11-8(6-12)5-10-7;1-11-6(10)4-2-9-5(7)3-8-4;1-3-4-2;1-2(3)4;2*1-2;;;;;;/h6-7H,3-5,8H2,1-2H3;5-6H,2-4,7,11H2,1H3;6-7H,3-5,8H2,1-2H3;6-7H,3-5H2,1-2H3;5-6,12H,2-4,7H2,1H3;4-5,12H,1-3,6,9H2;2-3H,1H3;3H,1,4H2,2H3;1H3,(H,3,4);1H3;2H,1H3;;2*1H;;;/q;;;;;;;;;;;;;;2*+1;-1/p-1/i;;;;;;;;;1D;;;;;;;. The van der Waals surface area contributed by atoms with Gasteiger partial charge in [0.05, 0.1) is 129 Å². The number of hydrogen-bond donors (Lipinski definition) is 5. The van der Waals surface area contributed by atoms with Crippen molar-refractivity contribution in [2.24, 2.45) is 11.5 Å². The SMILES string of the molecule is C=CCC.CC(=O)SCc1cnc(CCCN)cn1.CC(=O)[S-].CCCCc1cnc(C(=O)OC)cn1.CCCCc1cnc(CO)cn1.CCCCc1cnc(COS(C)(=O)=O)cn1.CCCCc1cnc(CSC(C)=O)cn1.CO.COC(=O)c1cnc(Cl)cn1.Cl.Cl.NCCCc1cnc(CS)cn1.[2H]CF.[B].[H-].[K+].[Na+]. The summed E-state index contributed by atoms with van der Waals surface area (Å²) in [6, 6.07) is 0. The van der Waals surface area contributed by atoms with E-state index in [0.717, 1.165) is 161 Å². The molecular weight excluding hydrogens is 1640 g/mol. The molecule has 0 aliphatic heterocycles. The van der Waals surface area contributed by atoms with Gasteiger partial charge in [-0.2, -0.15) is 21.0 Å². The minimum absolute atomic E-state index is 0. The molecule has 40 heteroatoms. The van der Waals surface area contributed by atoms with Crippen molar-refractivity contribution in [1.29, 1.82) is 0 Å². The first-order valence-electron chi connectivity index (χ1n) is 34.7. The number of allylic oxidation sites excluding steroid dienone is 1. The number of thioether (sulfide) groups is 2. The van der Waals surface area contributed by atoms with Crippen LogP contribution in [0.3, 0.4) is 0 Å². The Labute approximate surface area is 769 Å². The molecule has 0 aliphatic rings. The molecule has 0 saturated carbocycles. The Balaban J connectivity index is -0.000000134. The summed E-state index contributed by atoms with van der Waals surface area (Å²) in [5.74, 6) is 0.897. The number of aliphatic hydroxyl groups excluding tert-OH is 2. The van der Waals surface area contributed by atoms with Crippen molar-refractivity contribution in [3.8, 4) is 0 Å². The van der Waals surface area contributed by atoms with Gasteiger partial charge in [-0.1, -0.05) is 102 Å². The third-order valence-electron chi connectivity index (χ3n) is 12.2. The number of carbonyl (C=O) groups excluding carboxylic acids is 5. The summed E-state index contributed by atoms with van der Waals surface area (Å²) in [6.07, 6.45) is 43.3. The number of ether oxygens (including phenoxy) is 2. The van der Waals surface area contributed by atoms with Crippen LogP contribution in [0.15, 0.2) is 99.4 Å². The van der Waals surface area contributed by atoms with E-state index >= 15 is 0 Å². The van der Waals surface area contributed by atoms with Gasteiger partial charge in [0, 0.05) is 108 Å². The fourth-order valence-electron chi connectivity index (χ4n) is 6.67. The normalized spacial score (nSPS) is 9.40. The first-order valence-corrected chi connectivity index (χ1v) is 39.2. The molecule has 0 aromatic carbocycles. The van der Waals surface area contributed by atoms with Crippen LogP contribution in [-0.4, -0.2) is 172 Å². The van der Waals surface area contributed by atoms with Crippen LogP contribution >= 0.6 is 72.6 Å². The van der Waals surface area contributed by atoms with Crippen LogP contribution in [0.2, 0.25) is 5.15 Å². The molecule has 7 aromatic rings. The number of halogens is 4. The Bertz CT molecular complexity index is 3420. The average Bonchev–Trinajstić information content (AvgIpc) is 0.899. The number of hydrogen-bond acceptors (Lipinski definition) is 32. The number of aryl methyl sites for hydroxylation is 6. The topological polar surface area (TPSA) is 420 Å². The van der Waals surface area contributed by atoms with Crippen molar-refractivity contribution in [3.05, 3.63) is 179 Å². The third-order valence-corrected chi connectivity index (χ3v) is 15.0. The number of nitrogens with two attached hydrogens (primary N) is 2. The first-order chi connectivity index (χ1) is 51.7. The molecule has 0 fully saturated rings. The number of nitrogens with zero attached hydrogens (tertiary/aromatic N) is 14. The molecule has 3 radical (unpaired) electrons. The molecule has 28 nitrogen and oxygen atoms in total. The van der Waals surface area contributed by atoms with E-state index in [1.54, 1.807) is 75.8 Å². The van der Waals surface area contributed by atoms with E-state index in [-0.39, 0.29) is 161 Å². The third kappa shape index (κ3) is 77.0. The van der Waals surface area contributed by atoms with E-state index < -0.39 is 29.2 Å². The van der Waals surface area contributed by atoms with Gasteiger partial charge >= 0.3 is 92.9 Å². The molecule has 0 saturated heterocycles. The van der Waals surface area contributed by atoms with Crippen molar-refractivity contribution in [2.45, 2.75) is 195 Å². The predicted octanol–water partition coefficient (Wildman–Crippen LogP) is 6.11. The van der Waals surface area contributed by atoms with Crippen LogP contribution in [0.5, 0.6) is 0 Å². The van der Waals surface area contributed by atoms with Gasteiger partial charge in [0.25, 0.3) is 10.1 Å². The molecule has 7 aromatic heterocycles. The van der Waals surface area contributed by atoms with E-state index in [9.17, 15) is 36.8 Å². The zero-order valence-electron chi connectivity index (χ0n) is 69.2. The zero-order chi connectivity index (χ0) is 82.2. The molecule has 0 bridgehead atoms. The number of methoxy groups -OCH3 is 2. The van der Waals surface area contributed by atoms with E-state index in [4.69, 9.17) is 34.7 Å². The van der Waals surface area contributed by atoms with Crippen LogP contribution in [0.25, 0.3) is 0 Å². The Morgan fingerprint density at radius 3 is 1.04 bits per heavy atom. The largest absolute Gasteiger partial charge is 1.00 e. The van der Waals surface area contributed by atoms with Gasteiger partial charge in [0.1, 0.15) is 11.8 Å². The number of carbonyl (C=O) groups is 5. The van der Waals surface area contributed by atoms with Crippen molar-refractivity contribution >= 4 is 131 Å². The van der Waals surface area contributed by atoms with E-state index in [2.05, 4.69) is 150 Å². The second kappa shape index (κ2) is 87.6. The van der Waals surface area contributed by atoms with Crippen molar-refractivity contribution in [2.75, 3.05) is 47.8 Å². The summed E-state index contributed by atoms with van der Waals surface area (Å²) in [7, 11) is -0.810. The minimum atomic E-state index is -3.41. The molecule has 0 atom stereocenters. The van der Waals surface area contributed by atoms with Gasteiger partial charge in [-0.25, -0.2) is 24.5 Å². The molecule has 617 valence electrons. The number of alkyl halides is 1. The van der Waals surface area contributed by atoms with Gasteiger partial charge in [0.15, 0.2) is 21.6 Å². The summed E-state index contributed by atoms with van der Waals surface area (Å²) in [5, 5.41) is 15.9. The minimum Gasteiger partial charge on any atom is -1.00 e. The van der Waals surface area contributed by atoms with E-state index in [1.165, 1.54) is 76.1 Å². The summed E-state index contributed by atoms with van der Waals surface area (Å²) >= 11 is 16.0. The monoisotopic (exact) mass is 1750 g/mol. The number of thiol groups is 1. The summed E-state index contributed by atoms with van der Waals surface area (Å²) < 4.78 is 50.5.